The summed E-state index contributed by atoms with van der Waals surface area (Å²) in [5, 5.41) is 14.0. The number of carbonyl (C=O) groups excluding carboxylic acids is 1. The number of nitrogens with zero attached hydrogens (tertiary/aromatic N) is 1. The first-order chi connectivity index (χ1) is 10.3. The van der Waals surface area contributed by atoms with Gasteiger partial charge in [-0.2, -0.15) is 0 Å². The Kier molecular flexibility index (Phi) is 8.20. The average Bonchev–Trinajstić information content (AvgIpc) is 2.49. The second-order valence-electron chi connectivity index (χ2n) is 5.69. The predicted molar refractivity (Wildman–Crippen MR) is 93.7 cm³/mol. The third kappa shape index (κ3) is 4.65. The second kappa shape index (κ2) is 8.84. The summed E-state index contributed by atoms with van der Waals surface area (Å²) in [5.74, 6) is -0.101. The number of nitrogens with one attached hydrogen (secondary N) is 1. The molecule has 0 spiro atoms. The monoisotopic (exact) mass is 343 g/mol. The van der Waals surface area contributed by atoms with Gasteiger partial charge in [-0.05, 0) is 32.3 Å². The summed E-state index contributed by atoms with van der Waals surface area (Å²) >= 11 is 0. The summed E-state index contributed by atoms with van der Waals surface area (Å²) in [7, 11) is 0. The van der Waals surface area contributed by atoms with E-state index < -0.39 is 10.3 Å². The zero-order valence-electron chi connectivity index (χ0n) is 14.1. The van der Waals surface area contributed by atoms with Crippen LogP contribution in [0.25, 0.3) is 0 Å². The maximum absolute atomic E-state index is 12.5. The van der Waals surface area contributed by atoms with Crippen LogP contribution in [0.15, 0.2) is 18.2 Å². The van der Waals surface area contributed by atoms with E-state index in [0.717, 1.165) is 0 Å². The maximum Gasteiger partial charge on any atom is 0.272 e. The molecule has 3 N–H and O–H groups in total. The molecule has 1 rings (SSSR count). The summed E-state index contributed by atoms with van der Waals surface area (Å²) in [4.78, 5) is 23.1. The van der Waals surface area contributed by atoms with Gasteiger partial charge in [0.15, 0.2) is 0 Å². The van der Waals surface area contributed by atoms with Gasteiger partial charge in [-0.25, -0.2) is 0 Å². The highest BCUT2D eigenvalue weighted by atomic mass is 35.5. The number of halogens is 1. The topological polar surface area (TPSA) is 98.3 Å². The zero-order chi connectivity index (χ0) is 16.9. The van der Waals surface area contributed by atoms with Gasteiger partial charge < -0.3 is 11.1 Å². The Morgan fingerprint density at radius 3 is 2.39 bits per heavy atom. The molecule has 1 amide bonds. The molecule has 6 nitrogen and oxygen atoms in total. The Morgan fingerprint density at radius 1 is 1.39 bits per heavy atom. The molecule has 0 aliphatic rings. The molecule has 0 aliphatic heterocycles. The first-order valence-electron chi connectivity index (χ1n) is 7.57. The lowest BCUT2D eigenvalue weighted by Gasteiger charge is -2.30. The molecule has 0 heterocycles. The fraction of sp³-hybridized carbons (Fsp3) is 0.562. The van der Waals surface area contributed by atoms with Crippen molar-refractivity contribution in [3.8, 4) is 0 Å². The molecule has 0 fully saturated rings. The van der Waals surface area contributed by atoms with Crippen LogP contribution in [0.1, 0.15) is 50.8 Å². The molecule has 0 radical (unpaired) electrons. The molecular weight excluding hydrogens is 318 g/mol. The number of benzene rings is 1. The summed E-state index contributed by atoms with van der Waals surface area (Å²) in [5.41, 5.74) is 6.58. The van der Waals surface area contributed by atoms with E-state index in [1.54, 1.807) is 19.1 Å². The van der Waals surface area contributed by atoms with E-state index in [1.165, 1.54) is 6.07 Å². The van der Waals surface area contributed by atoms with Gasteiger partial charge in [-0.15, -0.1) is 12.4 Å². The molecule has 0 saturated heterocycles. The van der Waals surface area contributed by atoms with Gasteiger partial charge in [0, 0.05) is 18.2 Å². The Hall–Kier alpha value is -1.66. The van der Waals surface area contributed by atoms with Gasteiger partial charge >= 0.3 is 0 Å². The standard InChI is InChI=1S/C16H25N3O3.ClH/c1-5-16(6-2,10-17)15(20)18-12(4)13-8-7-11(3)14(9-13)19(21)22;/h7-9,12H,5-6,10,17H2,1-4H3,(H,18,20);1H. The number of nitro groups is 1. The SMILES string of the molecule is CCC(CC)(CN)C(=O)NC(C)c1ccc(C)c([N+](=O)[O-])c1.Cl. The van der Waals surface area contributed by atoms with Gasteiger partial charge in [0.2, 0.25) is 5.91 Å². The smallest absolute Gasteiger partial charge is 0.272 e. The van der Waals surface area contributed by atoms with Crippen molar-refractivity contribution < 1.29 is 9.72 Å². The minimum atomic E-state index is -0.578. The molecule has 23 heavy (non-hydrogen) atoms. The van der Waals surface area contributed by atoms with Crippen LogP contribution in [-0.4, -0.2) is 17.4 Å². The van der Waals surface area contributed by atoms with E-state index in [2.05, 4.69) is 5.32 Å². The Morgan fingerprint density at radius 2 is 1.96 bits per heavy atom. The zero-order valence-corrected chi connectivity index (χ0v) is 14.9. The van der Waals surface area contributed by atoms with Crippen molar-refractivity contribution >= 4 is 24.0 Å². The van der Waals surface area contributed by atoms with Crippen molar-refractivity contribution in [2.75, 3.05) is 6.54 Å². The third-order valence-corrected chi connectivity index (χ3v) is 4.50. The largest absolute Gasteiger partial charge is 0.349 e. The van der Waals surface area contributed by atoms with Gasteiger partial charge in [0.25, 0.3) is 5.69 Å². The molecule has 130 valence electrons. The maximum atomic E-state index is 12.5. The third-order valence-electron chi connectivity index (χ3n) is 4.50. The normalized spacial score (nSPS) is 12.2. The van der Waals surface area contributed by atoms with Gasteiger partial charge in [-0.3, -0.25) is 14.9 Å². The predicted octanol–water partition coefficient (Wildman–Crippen LogP) is 3.27. The van der Waals surface area contributed by atoms with E-state index in [-0.39, 0.29) is 36.6 Å². The van der Waals surface area contributed by atoms with Crippen molar-refractivity contribution in [1.29, 1.82) is 0 Å². The molecule has 0 aromatic heterocycles. The average molecular weight is 344 g/mol. The van der Waals surface area contributed by atoms with Crippen LogP contribution in [0.2, 0.25) is 0 Å². The first-order valence-corrected chi connectivity index (χ1v) is 7.57. The number of rotatable bonds is 7. The van der Waals surface area contributed by atoms with Gasteiger partial charge in [0.05, 0.1) is 16.4 Å². The number of carbonyl (C=O) groups is 1. The van der Waals surface area contributed by atoms with E-state index in [0.29, 0.717) is 24.0 Å². The molecule has 1 atom stereocenters. The number of hydrogen-bond donors (Lipinski definition) is 2. The highest BCUT2D eigenvalue weighted by molar-refractivity contribution is 5.85. The molecule has 1 unspecified atom stereocenters. The molecule has 1 aromatic rings. The van der Waals surface area contributed by atoms with Crippen LogP contribution in [0, 0.1) is 22.5 Å². The van der Waals surface area contributed by atoms with Crippen LogP contribution in [0.3, 0.4) is 0 Å². The Balaban J connectivity index is 0.00000484. The van der Waals surface area contributed by atoms with E-state index >= 15 is 0 Å². The fourth-order valence-corrected chi connectivity index (χ4v) is 2.48. The summed E-state index contributed by atoms with van der Waals surface area (Å²) in [6, 6.07) is 4.71. The quantitative estimate of drug-likeness (QED) is 0.586. The van der Waals surface area contributed by atoms with Crippen LogP contribution >= 0.6 is 12.4 Å². The van der Waals surface area contributed by atoms with Crippen LogP contribution in [0.4, 0.5) is 5.69 Å². The minimum Gasteiger partial charge on any atom is -0.349 e. The lowest BCUT2D eigenvalue weighted by molar-refractivity contribution is -0.385. The van der Waals surface area contributed by atoms with Crippen molar-refractivity contribution in [3.63, 3.8) is 0 Å². The van der Waals surface area contributed by atoms with Crippen molar-refractivity contribution in [1.82, 2.24) is 5.32 Å². The van der Waals surface area contributed by atoms with Crippen molar-refractivity contribution in [2.45, 2.75) is 46.6 Å². The molecular formula is C16H26ClN3O3. The molecule has 7 heteroatoms. The molecule has 0 bridgehead atoms. The molecule has 1 aromatic carbocycles. The number of aryl methyl sites for hydroxylation is 1. The molecule has 0 aliphatic carbocycles. The van der Waals surface area contributed by atoms with Crippen LogP contribution in [0.5, 0.6) is 0 Å². The van der Waals surface area contributed by atoms with Crippen molar-refractivity contribution in [2.24, 2.45) is 11.1 Å². The van der Waals surface area contributed by atoms with E-state index in [1.807, 2.05) is 20.8 Å². The van der Waals surface area contributed by atoms with Gasteiger partial charge in [-0.1, -0.05) is 26.0 Å². The second-order valence-corrected chi connectivity index (χ2v) is 5.69. The highest BCUT2D eigenvalue weighted by Crippen LogP contribution is 2.28. The number of hydrogen-bond acceptors (Lipinski definition) is 4. The Labute approximate surface area is 143 Å². The van der Waals surface area contributed by atoms with E-state index in [4.69, 9.17) is 5.73 Å². The number of amides is 1. The lowest BCUT2D eigenvalue weighted by atomic mass is 9.81. The molecule has 0 saturated carbocycles. The van der Waals surface area contributed by atoms with Crippen LogP contribution < -0.4 is 11.1 Å². The number of nitrogens with two attached hydrogens (primary N) is 1. The summed E-state index contributed by atoms with van der Waals surface area (Å²) in [6.07, 6.45) is 1.32. The van der Waals surface area contributed by atoms with Crippen molar-refractivity contribution in [3.05, 3.63) is 39.4 Å². The fourth-order valence-electron chi connectivity index (χ4n) is 2.48. The minimum absolute atomic E-state index is 0. The van der Waals surface area contributed by atoms with Gasteiger partial charge in [0.1, 0.15) is 0 Å². The van der Waals surface area contributed by atoms with E-state index in [9.17, 15) is 14.9 Å². The number of nitro benzene ring substituents is 1. The highest BCUT2D eigenvalue weighted by Gasteiger charge is 2.34. The lowest BCUT2D eigenvalue weighted by Crippen LogP contribution is -2.46. The summed E-state index contributed by atoms with van der Waals surface area (Å²) < 4.78 is 0. The first kappa shape index (κ1) is 21.3. The summed E-state index contributed by atoms with van der Waals surface area (Å²) in [6.45, 7) is 7.68. The Bertz CT molecular complexity index is 551. The van der Waals surface area contributed by atoms with Crippen LogP contribution in [-0.2, 0) is 4.79 Å².